The SMILES string of the molecule is CCNCCC(C)c1cccc2cnccc12. The summed E-state index contributed by atoms with van der Waals surface area (Å²) in [6.45, 7) is 6.58. The van der Waals surface area contributed by atoms with Crippen LogP contribution < -0.4 is 5.32 Å². The summed E-state index contributed by atoms with van der Waals surface area (Å²) >= 11 is 0. The number of hydrogen-bond acceptors (Lipinski definition) is 2. The van der Waals surface area contributed by atoms with E-state index in [0.717, 1.165) is 13.1 Å². The average Bonchev–Trinajstić information content (AvgIpc) is 2.38. The van der Waals surface area contributed by atoms with Gasteiger partial charge in [-0.1, -0.05) is 32.0 Å². The van der Waals surface area contributed by atoms with Gasteiger partial charge in [0.2, 0.25) is 0 Å². The first kappa shape index (κ1) is 12.1. The summed E-state index contributed by atoms with van der Waals surface area (Å²) in [7, 11) is 0. The Labute approximate surface area is 103 Å². The minimum absolute atomic E-state index is 0.583. The Balaban J connectivity index is 2.22. The van der Waals surface area contributed by atoms with Crippen molar-refractivity contribution in [3.05, 3.63) is 42.2 Å². The predicted octanol–water partition coefficient (Wildman–Crippen LogP) is 3.34. The van der Waals surface area contributed by atoms with Gasteiger partial charge in [-0.2, -0.15) is 0 Å². The maximum Gasteiger partial charge on any atom is 0.0346 e. The third-order valence-electron chi connectivity index (χ3n) is 3.25. The first-order chi connectivity index (χ1) is 8.33. The largest absolute Gasteiger partial charge is 0.317 e. The molecule has 0 radical (unpaired) electrons. The number of benzene rings is 1. The van der Waals surface area contributed by atoms with Gasteiger partial charge >= 0.3 is 0 Å². The number of pyridine rings is 1. The van der Waals surface area contributed by atoms with E-state index in [0.29, 0.717) is 5.92 Å². The molecule has 1 atom stereocenters. The van der Waals surface area contributed by atoms with Crippen molar-refractivity contribution in [3.63, 3.8) is 0 Å². The monoisotopic (exact) mass is 228 g/mol. The molecule has 0 bridgehead atoms. The lowest BCUT2D eigenvalue weighted by atomic mass is 9.93. The number of nitrogens with one attached hydrogen (secondary N) is 1. The van der Waals surface area contributed by atoms with Gasteiger partial charge in [0.05, 0.1) is 0 Å². The van der Waals surface area contributed by atoms with Crippen LogP contribution in [0.3, 0.4) is 0 Å². The van der Waals surface area contributed by atoms with Crippen LogP contribution in [0.1, 0.15) is 31.7 Å². The Morgan fingerprint density at radius 1 is 1.29 bits per heavy atom. The molecule has 0 aliphatic rings. The highest BCUT2D eigenvalue weighted by Gasteiger charge is 2.08. The van der Waals surface area contributed by atoms with Gasteiger partial charge in [0.25, 0.3) is 0 Å². The molecule has 0 amide bonds. The molecular formula is C15H20N2. The van der Waals surface area contributed by atoms with Gasteiger partial charge in [-0.15, -0.1) is 0 Å². The molecule has 1 aromatic carbocycles. The topological polar surface area (TPSA) is 24.9 Å². The molecule has 1 aromatic heterocycles. The minimum Gasteiger partial charge on any atom is -0.317 e. The lowest BCUT2D eigenvalue weighted by Gasteiger charge is -2.14. The summed E-state index contributed by atoms with van der Waals surface area (Å²) in [5.74, 6) is 0.583. The Morgan fingerprint density at radius 2 is 2.18 bits per heavy atom. The summed E-state index contributed by atoms with van der Waals surface area (Å²) in [5, 5.41) is 5.96. The van der Waals surface area contributed by atoms with Crippen molar-refractivity contribution >= 4 is 10.8 Å². The zero-order valence-corrected chi connectivity index (χ0v) is 10.6. The molecule has 90 valence electrons. The molecular weight excluding hydrogens is 208 g/mol. The molecule has 2 heteroatoms. The average molecular weight is 228 g/mol. The van der Waals surface area contributed by atoms with Crippen LogP contribution in [0.4, 0.5) is 0 Å². The Bertz CT molecular complexity index is 474. The van der Waals surface area contributed by atoms with E-state index < -0.39 is 0 Å². The summed E-state index contributed by atoms with van der Waals surface area (Å²) in [6.07, 6.45) is 4.99. The first-order valence-electron chi connectivity index (χ1n) is 6.36. The van der Waals surface area contributed by atoms with Gasteiger partial charge in [0.1, 0.15) is 0 Å². The molecule has 0 fully saturated rings. The highest BCUT2D eigenvalue weighted by molar-refractivity contribution is 5.85. The quantitative estimate of drug-likeness (QED) is 0.794. The van der Waals surface area contributed by atoms with E-state index >= 15 is 0 Å². The fraction of sp³-hybridized carbons (Fsp3) is 0.400. The van der Waals surface area contributed by atoms with Crippen LogP contribution in [0.15, 0.2) is 36.7 Å². The van der Waals surface area contributed by atoms with E-state index in [1.54, 1.807) is 0 Å². The fourth-order valence-electron chi connectivity index (χ4n) is 2.23. The van der Waals surface area contributed by atoms with Crippen molar-refractivity contribution in [1.82, 2.24) is 10.3 Å². The number of hydrogen-bond donors (Lipinski definition) is 1. The van der Waals surface area contributed by atoms with Crippen molar-refractivity contribution in [2.75, 3.05) is 13.1 Å². The molecule has 0 aliphatic carbocycles. The third-order valence-corrected chi connectivity index (χ3v) is 3.25. The van der Waals surface area contributed by atoms with Crippen LogP contribution in [-0.2, 0) is 0 Å². The van der Waals surface area contributed by atoms with Gasteiger partial charge in [0.15, 0.2) is 0 Å². The molecule has 1 N–H and O–H groups in total. The van der Waals surface area contributed by atoms with Gasteiger partial charge in [0, 0.05) is 17.8 Å². The summed E-state index contributed by atoms with van der Waals surface area (Å²) in [6, 6.07) is 8.61. The van der Waals surface area contributed by atoms with Crippen molar-refractivity contribution in [1.29, 1.82) is 0 Å². The second-order valence-corrected chi connectivity index (χ2v) is 4.49. The Hall–Kier alpha value is -1.41. The normalized spacial score (nSPS) is 12.8. The van der Waals surface area contributed by atoms with Crippen LogP contribution in [-0.4, -0.2) is 18.1 Å². The lowest BCUT2D eigenvalue weighted by Crippen LogP contribution is -2.16. The molecule has 2 aromatic rings. The maximum atomic E-state index is 4.18. The Kier molecular flexibility index (Phi) is 4.10. The third kappa shape index (κ3) is 2.83. The molecule has 1 unspecified atom stereocenters. The van der Waals surface area contributed by atoms with Crippen LogP contribution in [0, 0.1) is 0 Å². The zero-order chi connectivity index (χ0) is 12.1. The smallest absolute Gasteiger partial charge is 0.0346 e. The van der Waals surface area contributed by atoms with Crippen molar-refractivity contribution in [2.45, 2.75) is 26.2 Å². The highest BCUT2D eigenvalue weighted by atomic mass is 14.8. The minimum atomic E-state index is 0.583. The van der Waals surface area contributed by atoms with Crippen molar-refractivity contribution in [3.8, 4) is 0 Å². The van der Waals surface area contributed by atoms with E-state index in [4.69, 9.17) is 0 Å². The molecule has 1 heterocycles. The van der Waals surface area contributed by atoms with E-state index in [1.807, 2.05) is 12.4 Å². The van der Waals surface area contributed by atoms with E-state index in [1.165, 1.54) is 22.8 Å². The van der Waals surface area contributed by atoms with Crippen LogP contribution in [0.5, 0.6) is 0 Å². The maximum absolute atomic E-state index is 4.18. The van der Waals surface area contributed by atoms with E-state index in [9.17, 15) is 0 Å². The van der Waals surface area contributed by atoms with Gasteiger partial charge in [-0.25, -0.2) is 0 Å². The zero-order valence-electron chi connectivity index (χ0n) is 10.6. The van der Waals surface area contributed by atoms with Crippen LogP contribution in [0.25, 0.3) is 10.8 Å². The Morgan fingerprint density at radius 3 is 3.00 bits per heavy atom. The van der Waals surface area contributed by atoms with E-state index in [-0.39, 0.29) is 0 Å². The number of nitrogens with zero attached hydrogens (tertiary/aromatic N) is 1. The van der Waals surface area contributed by atoms with E-state index in [2.05, 4.69) is 48.4 Å². The summed E-state index contributed by atoms with van der Waals surface area (Å²) in [4.78, 5) is 4.18. The summed E-state index contributed by atoms with van der Waals surface area (Å²) < 4.78 is 0. The van der Waals surface area contributed by atoms with Gasteiger partial charge in [-0.3, -0.25) is 4.98 Å². The number of aromatic nitrogens is 1. The molecule has 17 heavy (non-hydrogen) atoms. The summed E-state index contributed by atoms with van der Waals surface area (Å²) in [5.41, 5.74) is 1.43. The second kappa shape index (κ2) is 5.78. The molecule has 2 rings (SSSR count). The first-order valence-corrected chi connectivity index (χ1v) is 6.36. The molecule has 2 nitrogen and oxygen atoms in total. The standard InChI is InChI=1S/C15H20N2/c1-3-16-9-7-12(2)14-6-4-5-13-11-17-10-8-15(13)14/h4-6,8,10-12,16H,3,7,9H2,1-2H3. The second-order valence-electron chi connectivity index (χ2n) is 4.49. The van der Waals surface area contributed by atoms with Crippen LogP contribution in [0.2, 0.25) is 0 Å². The fourth-order valence-corrected chi connectivity index (χ4v) is 2.23. The number of fused-ring (bicyclic) bond motifs is 1. The molecule has 0 aliphatic heterocycles. The lowest BCUT2D eigenvalue weighted by molar-refractivity contribution is 0.611. The van der Waals surface area contributed by atoms with Gasteiger partial charge in [-0.05, 0) is 42.4 Å². The molecule has 0 saturated heterocycles. The highest BCUT2D eigenvalue weighted by Crippen LogP contribution is 2.26. The predicted molar refractivity (Wildman–Crippen MR) is 73.3 cm³/mol. The van der Waals surface area contributed by atoms with Crippen molar-refractivity contribution in [2.24, 2.45) is 0 Å². The number of rotatable bonds is 5. The van der Waals surface area contributed by atoms with Gasteiger partial charge < -0.3 is 5.32 Å². The molecule has 0 spiro atoms. The van der Waals surface area contributed by atoms with Crippen LogP contribution >= 0.6 is 0 Å². The van der Waals surface area contributed by atoms with Crippen molar-refractivity contribution < 1.29 is 0 Å². The molecule has 0 saturated carbocycles.